The number of esters is 1. The fourth-order valence-electron chi connectivity index (χ4n) is 0.766. The van der Waals surface area contributed by atoms with Gasteiger partial charge in [0.15, 0.2) is 16.4 Å². The minimum atomic E-state index is -0.579. The normalized spacial score (nSPS) is 10.0. The number of rotatable bonds is 2. The molecular formula is C9H7NO3S. The maximum Gasteiger partial charge on any atom is 0.335 e. The highest BCUT2D eigenvalue weighted by molar-refractivity contribution is 7.11. The summed E-state index contributed by atoms with van der Waals surface area (Å²) < 4.78 is 4.75. The first-order valence-corrected chi connectivity index (χ1v) is 4.62. The number of allylic oxidation sites excluding steroid dienone is 1. The molecule has 1 aromatic heterocycles. The molecule has 0 bridgehead atoms. The van der Waals surface area contributed by atoms with Crippen LogP contribution in [0.25, 0.3) is 0 Å². The second kappa shape index (κ2) is 4.44. The molecule has 0 radical (unpaired) electrons. The maximum absolute atomic E-state index is 11.0. The van der Waals surface area contributed by atoms with Crippen LogP contribution in [0.2, 0.25) is 0 Å². The Labute approximate surface area is 84.7 Å². The van der Waals surface area contributed by atoms with Crippen molar-refractivity contribution in [1.29, 1.82) is 5.26 Å². The zero-order chi connectivity index (χ0) is 10.6. The third kappa shape index (κ3) is 2.12. The van der Waals surface area contributed by atoms with Gasteiger partial charge in [-0.3, -0.25) is 0 Å². The predicted molar refractivity (Wildman–Crippen MR) is 51.1 cm³/mol. The van der Waals surface area contributed by atoms with Crippen LogP contribution in [-0.2, 0) is 4.79 Å². The van der Waals surface area contributed by atoms with Gasteiger partial charge in [0.2, 0.25) is 0 Å². The molecule has 0 saturated heterocycles. The van der Waals surface area contributed by atoms with Crippen LogP contribution in [0.3, 0.4) is 0 Å². The van der Waals surface area contributed by atoms with Crippen LogP contribution in [-0.4, -0.2) is 11.1 Å². The molecule has 72 valence electrons. The van der Waals surface area contributed by atoms with Crippen molar-refractivity contribution in [3.05, 3.63) is 22.4 Å². The van der Waals surface area contributed by atoms with Gasteiger partial charge in [-0.2, -0.15) is 5.26 Å². The zero-order valence-corrected chi connectivity index (χ0v) is 8.17. The van der Waals surface area contributed by atoms with E-state index in [1.165, 1.54) is 17.5 Å². The van der Waals surface area contributed by atoms with Gasteiger partial charge in [-0.15, -0.1) is 11.3 Å². The lowest BCUT2D eigenvalue weighted by Crippen LogP contribution is -2.02. The van der Waals surface area contributed by atoms with Crippen molar-refractivity contribution in [3.8, 4) is 17.6 Å². The molecule has 0 atom stereocenters. The molecule has 0 saturated carbocycles. The number of nitriles is 1. The van der Waals surface area contributed by atoms with Crippen LogP contribution in [0.15, 0.2) is 17.5 Å². The molecule has 0 aliphatic heterocycles. The monoisotopic (exact) mass is 209 g/mol. The molecule has 0 fully saturated rings. The molecule has 0 spiro atoms. The van der Waals surface area contributed by atoms with Gasteiger partial charge in [-0.1, -0.05) is 6.08 Å². The molecule has 1 heterocycles. The van der Waals surface area contributed by atoms with E-state index in [2.05, 4.69) is 0 Å². The Morgan fingerprint density at radius 3 is 3.00 bits per heavy atom. The average molecular weight is 209 g/mol. The summed E-state index contributed by atoms with van der Waals surface area (Å²) in [7, 11) is 0. The Kier molecular flexibility index (Phi) is 3.26. The minimum Gasteiger partial charge on any atom is -0.503 e. The van der Waals surface area contributed by atoms with E-state index in [1.54, 1.807) is 13.0 Å². The molecule has 0 aromatic carbocycles. The Balaban J connectivity index is 2.84. The van der Waals surface area contributed by atoms with Crippen molar-refractivity contribution in [1.82, 2.24) is 0 Å². The van der Waals surface area contributed by atoms with E-state index in [1.807, 2.05) is 0 Å². The number of thiophene rings is 1. The summed E-state index contributed by atoms with van der Waals surface area (Å²) in [6.07, 6.45) is 2.75. The SMILES string of the molecule is CC=CC(=O)Oc1csc(C#N)c1O. The van der Waals surface area contributed by atoms with Crippen LogP contribution >= 0.6 is 11.3 Å². The lowest BCUT2D eigenvalue weighted by molar-refractivity contribution is -0.129. The van der Waals surface area contributed by atoms with Gasteiger partial charge >= 0.3 is 5.97 Å². The molecule has 0 amide bonds. The smallest absolute Gasteiger partial charge is 0.335 e. The fraction of sp³-hybridized carbons (Fsp3) is 0.111. The first-order chi connectivity index (χ1) is 6.69. The quantitative estimate of drug-likeness (QED) is 0.595. The molecule has 0 aliphatic carbocycles. The number of hydrogen-bond donors (Lipinski definition) is 1. The van der Waals surface area contributed by atoms with Crippen LogP contribution in [0.5, 0.6) is 11.5 Å². The van der Waals surface area contributed by atoms with Crippen LogP contribution in [0.1, 0.15) is 11.8 Å². The third-order valence-electron chi connectivity index (χ3n) is 1.35. The number of aromatic hydroxyl groups is 1. The lowest BCUT2D eigenvalue weighted by Gasteiger charge is -1.97. The first-order valence-electron chi connectivity index (χ1n) is 3.74. The van der Waals surface area contributed by atoms with E-state index in [9.17, 15) is 9.90 Å². The summed E-state index contributed by atoms with van der Waals surface area (Å²) in [5.41, 5.74) is 0. The molecule has 1 rings (SSSR count). The van der Waals surface area contributed by atoms with Crippen molar-refractivity contribution >= 4 is 17.3 Å². The summed E-state index contributed by atoms with van der Waals surface area (Å²) in [5.74, 6) is -0.838. The Morgan fingerprint density at radius 2 is 2.50 bits per heavy atom. The fourth-order valence-corrected chi connectivity index (χ4v) is 1.42. The molecule has 5 heteroatoms. The van der Waals surface area contributed by atoms with Crippen molar-refractivity contribution in [3.63, 3.8) is 0 Å². The highest BCUT2D eigenvalue weighted by atomic mass is 32.1. The number of nitrogens with zero attached hydrogens (tertiary/aromatic N) is 1. The molecule has 1 N–H and O–H groups in total. The van der Waals surface area contributed by atoms with Crippen LogP contribution in [0, 0.1) is 11.3 Å². The number of carbonyl (C=O) groups excluding carboxylic acids is 1. The summed E-state index contributed by atoms with van der Waals surface area (Å²) in [6.45, 7) is 1.68. The summed E-state index contributed by atoms with van der Waals surface area (Å²) in [5, 5.41) is 19.3. The molecule has 1 aromatic rings. The molecule has 0 aliphatic rings. The van der Waals surface area contributed by atoms with Crippen LogP contribution in [0.4, 0.5) is 0 Å². The lowest BCUT2D eigenvalue weighted by atomic mass is 10.4. The van der Waals surface area contributed by atoms with E-state index in [-0.39, 0.29) is 16.4 Å². The Hall–Kier alpha value is -1.80. The summed E-state index contributed by atoms with van der Waals surface area (Å²) in [4.78, 5) is 11.1. The van der Waals surface area contributed by atoms with Crippen molar-refractivity contribution in [2.75, 3.05) is 0 Å². The van der Waals surface area contributed by atoms with Gasteiger partial charge in [-0.05, 0) is 6.92 Å². The zero-order valence-electron chi connectivity index (χ0n) is 7.35. The first kappa shape index (κ1) is 10.3. The van der Waals surface area contributed by atoms with Gasteiger partial charge in [-0.25, -0.2) is 4.79 Å². The second-order valence-corrected chi connectivity index (χ2v) is 3.19. The maximum atomic E-state index is 11.0. The van der Waals surface area contributed by atoms with E-state index >= 15 is 0 Å². The van der Waals surface area contributed by atoms with Gasteiger partial charge in [0.05, 0.1) is 0 Å². The topological polar surface area (TPSA) is 70.3 Å². The van der Waals surface area contributed by atoms with Gasteiger partial charge in [0.25, 0.3) is 0 Å². The largest absolute Gasteiger partial charge is 0.503 e. The van der Waals surface area contributed by atoms with E-state index < -0.39 is 5.97 Å². The second-order valence-electron chi connectivity index (χ2n) is 2.31. The minimum absolute atomic E-state index is 0.0228. The summed E-state index contributed by atoms with van der Waals surface area (Å²) >= 11 is 1.02. The summed E-state index contributed by atoms with van der Waals surface area (Å²) in [6, 6.07) is 1.78. The molecule has 0 unspecified atom stereocenters. The van der Waals surface area contributed by atoms with E-state index in [0.29, 0.717) is 0 Å². The Bertz CT molecular complexity index is 414. The molecular weight excluding hydrogens is 202 g/mol. The van der Waals surface area contributed by atoms with Gasteiger partial charge in [0, 0.05) is 11.5 Å². The van der Waals surface area contributed by atoms with Crippen molar-refractivity contribution in [2.24, 2.45) is 0 Å². The van der Waals surface area contributed by atoms with E-state index in [0.717, 1.165) is 11.3 Å². The van der Waals surface area contributed by atoms with Gasteiger partial charge < -0.3 is 9.84 Å². The standard InChI is InChI=1S/C9H7NO3S/c1-2-3-8(11)13-6-5-14-7(4-10)9(6)12/h2-3,5,12H,1H3. The average Bonchev–Trinajstić information content (AvgIpc) is 2.48. The number of carbonyl (C=O) groups is 1. The number of ether oxygens (including phenoxy) is 1. The predicted octanol–water partition coefficient (Wildman–Crippen LogP) is 1.81. The van der Waals surface area contributed by atoms with Crippen molar-refractivity contribution < 1.29 is 14.6 Å². The molecule has 14 heavy (non-hydrogen) atoms. The van der Waals surface area contributed by atoms with Gasteiger partial charge in [0.1, 0.15) is 6.07 Å². The number of hydrogen-bond acceptors (Lipinski definition) is 5. The highest BCUT2D eigenvalue weighted by Gasteiger charge is 2.13. The highest BCUT2D eigenvalue weighted by Crippen LogP contribution is 2.35. The van der Waals surface area contributed by atoms with E-state index in [4.69, 9.17) is 10.00 Å². The Morgan fingerprint density at radius 1 is 1.79 bits per heavy atom. The molecule has 4 nitrogen and oxygen atoms in total. The third-order valence-corrected chi connectivity index (χ3v) is 2.20. The van der Waals surface area contributed by atoms with Crippen LogP contribution < -0.4 is 4.74 Å². The van der Waals surface area contributed by atoms with Crippen molar-refractivity contribution in [2.45, 2.75) is 6.92 Å².